The summed E-state index contributed by atoms with van der Waals surface area (Å²) >= 11 is 0. The molecular weight excluding hydrogens is 469 g/mol. The number of primary amides is 1. The minimum absolute atomic E-state index is 0.0111. The number of hydrogen-bond acceptors (Lipinski definition) is 5. The van der Waals surface area contributed by atoms with E-state index in [1.165, 1.54) is 12.5 Å². The molecule has 198 valence electrons. The van der Waals surface area contributed by atoms with E-state index >= 15 is 0 Å². The Morgan fingerprint density at radius 2 is 1.89 bits per heavy atom. The van der Waals surface area contributed by atoms with Crippen molar-refractivity contribution in [2.24, 2.45) is 17.6 Å². The molecule has 2 amide bonds. The topological polar surface area (TPSA) is 91.6 Å². The van der Waals surface area contributed by atoms with E-state index in [9.17, 15) is 14.0 Å². The minimum Gasteiger partial charge on any atom is -0.368 e. The van der Waals surface area contributed by atoms with Crippen molar-refractivity contribution >= 4 is 23.3 Å². The molecule has 3 N–H and O–H groups in total. The number of pyridine rings is 1. The molecule has 1 saturated carbocycles. The highest BCUT2D eigenvalue weighted by Crippen LogP contribution is 2.42. The summed E-state index contributed by atoms with van der Waals surface area (Å²) in [7, 11) is 1.72. The number of likely N-dealkylation sites (N-methyl/N-ethyl adjacent to an activating group) is 1. The zero-order chi connectivity index (χ0) is 26.2. The Kier molecular flexibility index (Phi) is 7.21. The summed E-state index contributed by atoms with van der Waals surface area (Å²) in [5.74, 6) is -0.354. The molecule has 1 saturated heterocycles. The van der Waals surface area contributed by atoms with Crippen LogP contribution in [0.5, 0.6) is 0 Å². The van der Waals surface area contributed by atoms with Crippen LogP contribution in [0, 0.1) is 17.7 Å². The molecule has 0 spiro atoms. The summed E-state index contributed by atoms with van der Waals surface area (Å²) in [6.45, 7) is 3.18. The van der Waals surface area contributed by atoms with E-state index in [-0.39, 0.29) is 23.7 Å². The Balaban J connectivity index is 1.45. The number of anilines is 2. The van der Waals surface area contributed by atoms with Gasteiger partial charge in [-0.05, 0) is 87.4 Å². The Labute approximate surface area is 218 Å². The number of nitrogens with one attached hydrogen (secondary N) is 1. The van der Waals surface area contributed by atoms with Gasteiger partial charge in [0.2, 0.25) is 11.8 Å². The Bertz CT molecular complexity index is 1170. The number of rotatable bonds is 7. The third-order valence-corrected chi connectivity index (χ3v) is 8.95. The molecule has 5 rings (SSSR count). The lowest BCUT2D eigenvalue weighted by molar-refractivity contribution is -0.147. The van der Waals surface area contributed by atoms with Crippen LogP contribution in [0.2, 0.25) is 0 Å². The van der Waals surface area contributed by atoms with Crippen molar-refractivity contribution in [1.82, 2.24) is 15.2 Å². The van der Waals surface area contributed by atoms with Crippen molar-refractivity contribution in [2.75, 3.05) is 25.0 Å². The molecule has 3 aliphatic rings. The maximum atomic E-state index is 14.3. The molecule has 2 aliphatic heterocycles. The summed E-state index contributed by atoms with van der Waals surface area (Å²) in [5.41, 5.74) is 7.77. The van der Waals surface area contributed by atoms with E-state index in [0.717, 1.165) is 74.1 Å². The second kappa shape index (κ2) is 10.4. The molecular formula is C29H38FN5O2. The van der Waals surface area contributed by atoms with Crippen LogP contribution in [-0.2, 0) is 16.0 Å². The fraction of sp³-hybridized carbons (Fsp3) is 0.552. The van der Waals surface area contributed by atoms with E-state index in [1.807, 2.05) is 23.1 Å². The van der Waals surface area contributed by atoms with Crippen molar-refractivity contribution < 1.29 is 14.0 Å². The van der Waals surface area contributed by atoms with Crippen LogP contribution < -0.4 is 16.0 Å². The van der Waals surface area contributed by atoms with E-state index in [0.29, 0.717) is 6.54 Å². The number of nitrogens with zero attached hydrogens (tertiary/aromatic N) is 3. The molecule has 0 bridgehead atoms. The number of benzene rings is 1. The average Bonchev–Trinajstić information content (AvgIpc) is 3.56. The smallest absolute Gasteiger partial charge is 0.238 e. The minimum atomic E-state index is -1.11. The quantitative estimate of drug-likeness (QED) is 0.585. The van der Waals surface area contributed by atoms with E-state index in [2.05, 4.69) is 15.2 Å². The second-order valence-corrected chi connectivity index (χ2v) is 11.0. The lowest BCUT2D eigenvalue weighted by Crippen LogP contribution is -2.63. The van der Waals surface area contributed by atoms with Gasteiger partial charge in [-0.1, -0.05) is 25.3 Å². The number of hydrogen-bond donors (Lipinski definition) is 2. The molecule has 7 nitrogen and oxygen atoms in total. The van der Waals surface area contributed by atoms with Crippen molar-refractivity contribution in [3.05, 3.63) is 53.5 Å². The van der Waals surface area contributed by atoms with Crippen LogP contribution in [0.25, 0.3) is 0 Å². The summed E-state index contributed by atoms with van der Waals surface area (Å²) in [6, 6.07) is 8.83. The molecule has 3 atom stereocenters. The molecule has 1 aromatic heterocycles. The first-order chi connectivity index (χ1) is 17.8. The molecule has 2 aromatic rings. The summed E-state index contributed by atoms with van der Waals surface area (Å²) in [5, 5.41) is 3.13. The number of nitrogens with two attached hydrogens (primary N) is 1. The number of halogens is 1. The van der Waals surface area contributed by atoms with Crippen LogP contribution in [0.15, 0.2) is 36.5 Å². The first kappa shape index (κ1) is 25.6. The van der Waals surface area contributed by atoms with Crippen molar-refractivity contribution in [3.63, 3.8) is 0 Å². The molecule has 0 radical (unpaired) electrons. The van der Waals surface area contributed by atoms with Gasteiger partial charge in [0.15, 0.2) is 0 Å². The van der Waals surface area contributed by atoms with Crippen LogP contribution in [0.1, 0.15) is 69.0 Å². The first-order valence-electron chi connectivity index (χ1n) is 13.6. The maximum absolute atomic E-state index is 14.3. The van der Waals surface area contributed by atoms with Gasteiger partial charge in [-0.3, -0.25) is 9.59 Å². The summed E-state index contributed by atoms with van der Waals surface area (Å²) < 4.78 is 14.0. The van der Waals surface area contributed by atoms with Gasteiger partial charge in [-0.15, -0.1) is 0 Å². The third kappa shape index (κ3) is 4.72. The molecule has 1 aliphatic carbocycles. The largest absolute Gasteiger partial charge is 0.368 e. The van der Waals surface area contributed by atoms with E-state index < -0.39 is 17.4 Å². The van der Waals surface area contributed by atoms with Crippen LogP contribution >= 0.6 is 0 Å². The number of carbonyl (C=O) groups is 2. The van der Waals surface area contributed by atoms with Crippen LogP contribution in [0.4, 0.5) is 15.9 Å². The molecule has 1 aromatic carbocycles. The number of carbonyl (C=O) groups excluding carboxylic acids is 2. The van der Waals surface area contributed by atoms with Crippen molar-refractivity contribution in [3.8, 4) is 0 Å². The predicted molar refractivity (Wildman–Crippen MR) is 142 cm³/mol. The van der Waals surface area contributed by atoms with Gasteiger partial charge >= 0.3 is 0 Å². The van der Waals surface area contributed by atoms with Gasteiger partial charge in [-0.2, -0.15) is 0 Å². The van der Waals surface area contributed by atoms with Crippen LogP contribution in [0.3, 0.4) is 0 Å². The Hall–Kier alpha value is -3.00. The van der Waals surface area contributed by atoms with E-state index in [4.69, 9.17) is 5.73 Å². The fourth-order valence-electron chi connectivity index (χ4n) is 6.75. The lowest BCUT2D eigenvalue weighted by atomic mass is 9.69. The molecule has 2 fully saturated rings. The SMILES string of the molecule is CNC(C)(C(N)=O)[C@@H](C(=O)N1CCC[C@H]1c1ccnc(N2CCc3ccc(F)cc32)c1)C1CCCCC1. The van der Waals surface area contributed by atoms with E-state index in [1.54, 1.807) is 26.2 Å². The lowest BCUT2D eigenvalue weighted by Gasteiger charge is -2.43. The van der Waals surface area contributed by atoms with Gasteiger partial charge in [0, 0.05) is 25.0 Å². The fourth-order valence-corrected chi connectivity index (χ4v) is 6.75. The number of fused-ring (bicyclic) bond motifs is 1. The first-order valence-corrected chi connectivity index (χ1v) is 13.6. The standard InChI is InChI=1S/C29H38FN5O2/c1-29(32-2,28(31)37)26(20-7-4-3-5-8-20)27(36)35-15-6-9-23(35)21-12-14-33-25(17-21)34-16-13-19-10-11-22(30)18-24(19)34/h10-12,14,17-18,20,23,26,32H,3-9,13,15-16H2,1-2H3,(H2,31,37)/t23-,26+,29?/m0/s1. The molecule has 1 unspecified atom stereocenters. The molecule has 3 heterocycles. The maximum Gasteiger partial charge on any atom is 0.238 e. The highest BCUT2D eigenvalue weighted by molar-refractivity contribution is 5.93. The Morgan fingerprint density at radius 1 is 1.11 bits per heavy atom. The van der Waals surface area contributed by atoms with Crippen molar-refractivity contribution in [2.45, 2.75) is 69.9 Å². The van der Waals surface area contributed by atoms with Gasteiger partial charge in [-0.25, -0.2) is 9.37 Å². The highest BCUT2D eigenvalue weighted by atomic mass is 19.1. The van der Waals surface area contributed by atoms with Gasteiger partial charge < -0.3 is 20.9 Å². The van der Waals surface area contributed by atoms with Crippen LogP contribution in [-0.4, -0.2) is 47.4 Å². The van der Waals surface area contributed by atoms with Gasteiger partial charge in [0.1, 0.15) is 17.2 Å². The zero-order valence-electron chi connectivity index (χ0n) is 21.9. The predicted octanol–water partition coefficient (Wildman–Crippen LogP) is 4.24. The van der Waals surface area contributed by atoms with Gasteiger partial charge in [0.25, 0.3) is 0 Å². The number of likely N-dealkylation sites (tertiary alicyclic amines) is 1. The average molecular weight is 508 g/mol. The normalized spacial score (nSPS) is 22.5. The molecule has 8 heteroatoms. The zero-order valence-corrected chi connectivity index (χ0v) is 21.9. The Morgan fingerprint density at radius 3 is 2.62 bits per heavy atom. The third-order valence-electron chi connectivity index (χ3n) is 8.95. The van der Waals surface area contributed by atoms with Crippen molar-refractivity contribution in [1.29, 1.82) is 0 Å². The summed E-state index contributed by atoms with van der Waals surface area (Å²) in [6.07, 6.45) is 9.55. The summed E-state index contributed by atoms with van der Waals surface area (Å²) in [4.78, 5) is 35.6. The number of aromatic nitrogens is 1. The number of amides is 2. The van der Waals surface area contributed by atoms with Gasteiger partial charge in [0.05, 0.1) is 12.0 Å². The molecule has 37 heavy (non-hydrogen) atoms. The second-order valence-electron chi connectivity index (χ2n) is 11.0. The monoisotopic (exact) mass is 507 g/mol. The highest BCUT2D eigenvalue weighted by Gasteiger charge is 2.50.